The largest absolute Gasteiger partial charge is 0.744 e. The van der Waals surface area contributed by atoms with E-state index in [9.17, 15) is 18.1 Å². The Kier molecular flexibility index (Phi) is 10.9. The van der Waals surface area contributed by atoms with Gasteiger partial charge in [0, 0.05) is 12.0 Å². The van der Waals surface area contributed by atoms with Crippen LogP contribution >= 0.6 is 0 Å². The molecule has 3 aromatic carbocycles. The maximum Gasteiger partial charge on any atom is 0.125 e. The maximum absolute atomic E-state index is 10.7. The van der Waals surface area contributed by atoms with Crippen LogP contribution in [-0.4, -0.2) is 55.8 Å². The van der Waals surface area contributed by atoms with Crippen LogP contribution in [0.5, 0.6) is 5.75 Å². The molecule has 0 heterocycles. The number of hydrogen-bond donors (Lipinski definition) is 1. The number of ether oxygens (including phenoxy) is 1. The van der Waals surface area contributed by atoms with Gasteiger partial charge < -0.3 is 18.9 Å². The summed E-state index contributed by atoms with van der Waals surface area (Å²) < 4.78 is 38.2. The summed E-state index contributed by atoms with van der Waals surface area (Å²) in [5.74, 6) is 0.774. The van der Waals surface area contributed by atoms with E-state index in [0.717, 1.165) is 53.0 Å². The van der Waals surface area contributed by atoms with Crippen molar-refractivity contribution in [3.8, 4) is 5.75 Å². The fraction of sp³-hybridized carbons (Fsp3) is 0.357. The van der Waals surface area contributed by atoms with Gasteiger partial charge in [-0.2, -0.15) is 0 Å². The second-order valence-electron chi connectivity index (χ2n) is 8.80. The van der Waals surface area contributed by atoms with Crippen LogP contribution in [0, 0.1) is 6.92 Å². The molecule has 0 aromatic heterocycles. The van der Waals surface area contributed by atoms with Gasteiger partial charge in [0.2, 0.25) is 0 Å². The minimum Gasteiger partial charge on any atom is -0.744 e. The third-order valence-electron chi connectivity index (χ3n) is 6.27. The van der Waals surface area contributed by atoms with Crippen LogP contribution in [0.2, 0.25) is 0 Å². The topological polar surface area (TPSA) is 86.7 Å². The Hall–Kier alpha value is -2.71. The Morgan fingerprint density at radius 3 is 2.06 bits per heavy atom. The van der Waals surface area contributed by atoms with Gasteiger partial charge in [0.1, 0.15) is 22.0 Å². The Morgan fingerprint density at radius 2 is 1.49 bits per heavy atom. The average Bonchev–Trinajstić information content (AvgIpc) is 2.87. The van der Waals surface area contributed by atoms with Crippen LogP contribution in [0.3, 0.4) is 0 Å². The smallest absolute Gasteiger partial charge is 0.125 e. The van der Waals surface area contributed by atoms with E-state index < -0.39 is 16.2 Å². The van der Waals surface area contributed by atoms with E-state index in [-0.39, 0.29) is 4.90 Å². The van der Waals surface area contributed by atoms with Gasteiger partial charge in [0.25, 0.3) is 0 Å². The molecule has 190 valence electrons. The first-order valence-corrected chi connectivity index (χ1v) is 13.3. The van der Waals surface area contributed by atoms with Crippen molar-refractivity contribution in [1.82, 2.24) is 0 Å². The number of nitrogens with zero attached hydrogens (tertiary/aromatic N) is 1. The van der Waals surface area contributed by atoms with Gasteiger partial charge in [0.15, 0.2) is 0 Å². The molecule has 6 nitrogen and oxygen atoms in total. The van der Waals surface area contributed by atoms with Gasteiger partial charge in [0.05, 0.1) is 38.2 Å². The normalized spacial score (nSPS) is 12.4. The van der Waals surface area contributed by atoms with E-state index in [2.05, 4.69) is 20.9 Å². The van der Waals surface area contributed by atoms with Gasteiger partial charge in [-0.05, 0) is 44.5 Å². The van der Waals surface area contributed by atoms with Gasteiger partial charge in [-0.25, -0.2) is 8.42 Å². The lowest BCUT2D eigenvalue weighted by Gasteiger charge is -2.32. The van der Waals surface area contributed by atoms with Crippen LogP contribution in [0.25, 0.3) is 0 Å². The molecule has 0 saturated heterocycles. The summed E-state index contributed by atoms with van der Waals surface area (Å²) in [6, 6.07) is 23.3. The Morgan fingerprint density at radius 1 is 0.914 bits per heavy atom. The molecule has 0 amide bonds. The van der Waals surface area contributed by atoms with Gasteiger partial charge in [-0.3, -0.25) is 0 Å². The lowest BCUT2D eigenvalue weighted by atomic mass is 10.0. The van der Waals surface area contributed by atoms with Crippen molar-refractivity contribution in [2.24, 2.45) is 0 Å². The predicted molar refractivity (Wildman–Crippen MR) is 138 cm³/mol. The average molecular weight is 500 g/mol. The third-order valence-corrected chi connectivity index (χ3v) is 7.11. The zero-order valence-corrected chi connectivity index (χ0v) is 21.9. The van der Waals surface area contributed by atoms with E-state index >= 15 is 0 Å². The molecule has 3 rings (SSSR count). The number of aryl methyl sites for hydroxylation is 1. The van der Waals surface area contributed by atoms with Crippen LogP contribution in [0.1, 0.15) is 43.1 Å². The monoisotopic (exact) mass is 499 g/mol. The molecular formula is C28H37NO5S. The molecule has 1 unspecified atom stereocenters. The first kappa shape index (κ1) is 28.5. The molecule has 0 spiro atoms. The summed E-state index contributed by atoms with van der Waals surface area (Å²) in [5, 5.41) is 10.7. The summed E-state index contributed by atoms with van der Waals surface area (Å²) in [4.78, 5) is -0.178. The van der Waals surface area contributed by atoms with Crippen molar-refractivity contribution in [3.05, 3.63) is 95.6 Å². The van der Waals surface area contributed by atoms with E-state index in [1.165, 1.54) is 12.1 Å². The van der Waals surface area contributed by atoms with Crippen LogP contribution < -0.4 is 4.74 Å². The molecule has 0 aliphatic rings. The molecule has 1 N–H and O–H groups in total. The molecule has 0 bridgehead atoms. The minimum absolute atomic E-state index is 0.178. The van der Waals surface area contributed by atoms with E-state index in [0.29, 0.717) is 6.61 Å². The van der Waals surface area contributed by atoms with Crippen molar-refractivity contribution in [3.63, 3.8) is 0 Å². The van der Waals surface area contributed by atoms with Crippen molar-refractivity contribution < 1.29 is 27.3 Å². The third kappa shape index (κ3) is 9.11. The molecule has 1 atom stereocenters. The molecule has 0 fully saturated rings. The zero-order chi connectivity index (χ0) is 25.9. The quantitative estimate of drug-likeness (QED) is 0.243. The van der Waals surface area contributed by atoms with Gasteiger partial charge >= 0.3 is 0 Å². The molecule has 0 saturated carbocycles. The van der Waals surface area contributed by atoms with Gasteiger partial charge in [-0.15, -0.1) is 0 Å². The Balaban J connectivity index is 0.000000328. The highest BCUT2D eigenvalue weighted by molar-refractivity contribution is 7.85. The van der Waals surface area contributed by atoms with Crippen molar-refractivity contribution in [2.75, 3.05) is 33.3 Å². The van der Waals surface area contributed by atoms with E-state index in [1.807, 2.05) is 61.5 Å². The highest BCUT2D eigenvalue weighted by Gasteiger charge is 2.17. The highest BCUT2D eigenvalue weighted by Crippen LogP contribution is 2.29. The van der Waals surface area contributed by atoms with Crippen molar-refractivity contribution >= 4 is 10.1 Å². The zero-order valence-electron chi connectivity index (χ0n) is 21.1. The molecule has 0 aliphatic heterocycles. The molecule has 7 heteroatoms. The number of quaternary nitrogens is 1. The summed E-state index contributed by atoms with van der Waals surface area (Å²) in [6.45, 7) is 10.3. The molecule has 0 radical (unpaired) electrons. The number of aliphatic hydroxyl groups is 1. The highest BCUT2D eigenvalue weighted by atomic mass is 32.2. The summed E-state index contributed by atoms with van der Waals surface area (Å²) in [5.41, 5.74) is 2.64. The molecule has 0 aliphatic carbocycles. The summed E-state index contributed by atoms with van der Waals surface area (Å²) >= 11 is 0. The maximum atomic E-state index is 10.7. The van der Waals surface area contributed by atoms with Crippen molar-refractivity contribution in [2.45, 2.75) is 38.2 Å². The van der Waals surface area contributed by atoms with Crippen LogP contribution in [0.4, 0.5) is 0 Å². The SMILES string of the molecule is CC[N+](C)(CC)CCCOc1ccccc1C(O)c1ccccc1.Cc1ccc(S(=O)(=O)[O-])cc1. The van der Waals surface area contributed by atoms with Crippen LogP contribution in [-0.2, 0) is 10.1 Å². The first-order valence-electron chi connectivity index (χ1n) is 11.9. The van der Waals surface area contributed by atoms with E-state index in [1.54, 1.807) is 12.1 Å². The number of benzene rings is 3. The number of aliphatic hydroxyl groups excluding tert-OH is 1. The second kappa shape index (κ2) is 13.4. The predicted octanol–water partition coefficient (Wildman–Crippen LogP) is 4.92. The fourth-order valence-corrected chi connectivity index (χ4v) is 4.00. The molecular weight excluding hydrogens is 462 g/mol. The lowest BCUT2D eigenvalue weighted by Crippen LogP contribution is -2.44. The number of rotatable bonds is 10. The lowest BCUT2D eigenvalue weighted by molar-refractivity contribution is -0.906. The number of para-hydroxylation sites is 1. The molecule has 3 aromatic rings. The minimum atomic E-state index is -4.27. The first-order chi connectivity index (χ1) is 16.6. The molecule has 35 heavy (non-hydrogen) atoms. The summed E-state index contributed by atoms with van der Waals surface area (Å²) in [6.07, 6.45) is 0.350. The second-order valence-corrected chi connectivity index (χ2v) is 10.2. The van der Waals surface area contributed by atoms with E-state index in [4.69, 9.17) is 4.74 Å². The standard InChI is InChI=1S/C21H30NO2.C7H8O3S/c1-4-22(3,5-2)16-11-17-24-20-15-10-9-14-19(20)21(23)18-12-7-6-8-13-18;1-6-2-4-7(5-3-6)11(8,9)10/h6-10,12-15,21,23H,4-5,11,16-17H2,1-3H3;2-5H,1H3,(H,8,9,10)/q+1;/p-1. The Bertz CT molecular complexity index is 1130. The Labute approximate surface area is 210 Å². The fourth-order valence-electron chi connectivity index (χ4n) is 3.53. The van der Waals surface area contributed by atoms with Gasteiger partial charge in [-0.1, -0.05) is 66.2 Å². The van der Waals surface area contributed by atoms with Crippen LogP contribution in [0.15, 0.2) is 83.8 Å². The summed E-state index contributed by atoms with van der Waals surface area (Å²) in [7, 11) is -1.98. The van der Waals surface area contributed by atoms with Crippen molar-refractivity contribution in [1.29, 1.82) is 0 Å². The number of hydrogen-bond acceptors (Lipinski definition) is 5.